The molecule has 21 heavy (non-hydrogen) atoms. The zero-order chi connectivity index (χ0) is 14.7. The second-order valence-electron chi connectivity index (χ2n) is 4.61. The van der Waals surface area contributed by atoms with Crippen molar-refractivity contribution in [3.63, 3.8) is 0 Å². The Bertz CT molecular complexity index is 689. The van der Waals surface area contributed by atoms with Crippen molar-refractivity contribution in [2.75, 3.05) is 4.90 Å². The average molecular weight is 340 g/mol. The van der Waals surface area contributed by atoms with Gasteiger partial charge in [-0.1, -0.05) is 42.5 Å². The molecule has 0 aliphatic heterocycles. The molecule has 2 nitrogen and oxygen atoms in total. The maximum absolute atomic E-state index is 10.4. The van der Waals surface area contributed by atoms with Gasteiger partial charge in [-0.2, -0.15) is 0 Å². The maximum Gasteiger partial charge on any atom is 0.153 e. The monoisotopic (exact) mass is 339 g/mol. The van der Waals surface area contributed by atoms with Crippen LogP contribution in [0.1, 0.15) is 0 Å². The van der Waals surface area contributed by atoms with Crippen LogP contribution in [0, 0.1) is 0 Å². The fourth-order valence-electron chi connectivity index (χ4n) is 2.27. The minimum Gasteiger partial charge on any atom is -0.505 e. The van der Waals surface area contributed by atoms with Gasteiger partial charge in [0.25, 0.3) is 0 Å². The fourth-order valence-corrected chi connectivity index (χ4v) is 2.62. The fraction of sp³-hybridized carbons (Fsp3) is 0. The van der Waals surface area contributed by atoms with E-state index in [0.717, 1.165) is 17.1 Å². The minimum atomic E-state index is 0.227. The van der Waals surface area contributed by atoms with Crippen molar-refractivity contribution in [2.45, 2.75) is 0 Å². The number of hydrogen-bond acceptors (Lipinski definition) is 2. The molecule has 0 aliphatic rings. The molecule has 3 aromatic carbocycles. The summed E-state index contributed by atoms with van der Waals surface area (Å²) in [6.07, 6.45) is 0. The standard InChI is InChI=1S/C18H14BrNO/c19-16-12-7-13-17(18(16)21)20(14-8-3-1-4-9-14)15-10-5-2-6-11-15/h1-13,21H. The molecule has 1 N–H and O–H groups in total. The number of para-hydroxylation sites is 3. The third-order valence-electron chi connectivity index (χ3n) is 3.24. The van der Waals surface area contributed by atoms with Gasteiger partial charge in [0.15, 0.2) is 5.75 Å². The summed E-state index contributed by atoms with van der Waals surface area (Å²) in [7, 11) is 0. The van der Waals surface area contributed by atoms with E-state index in [-0.39, 0.29) is 5.75 Å². The summed E-state index contributed by atoms with van der Waals surface area (Å²) >= 11 is 3.38. The van der Waals surface area contributed by atoms with Crippen molar-refractivity contribution < 1.29 is 5.11 Å². The predicted molar refractivity (Wildman–Crippen MR) is 90.5 cm³/mol. The molecule has 3 heteroatoms. The molecule has 0 saturated carbocycles. The first-order valence-electron chi connectivity index (χ1n) is 6.65. The van der Waals surface area contributed by atoms with Gasteiger partial charge in [-0.15, -0.1) is 0 Å². The molecule has 0 spiro atoms. The number of phenolic OH excluding ortho intramolecular Hbond substituents is 1. The summed E-state index contributed by atoms with van der Waals surface area (Å²) in [5, 5.41) is 10.4. The highest BCUT2D eigenvalue weighted by atomic mass is 79.9. The number of hydrogen-bond donors (Lipinski definition) is 1. The molecule has 0 aromatic heterocycles. The van der Waals surface area contributed by atoms with Gasteiger partial charge in [0.2, 0.25) is 0 Å². The van der Waals surface area contributed by atoms with Gasteiger partial charge in [-0.3, -0.25) is 0 Å². The predicted octanol–water partition coefficient (Wildman–Crippen LogP) is 5.62. The third-order valence-corrected chi connectivity index (χ3v) is 3.88. The second-order valence-corrected chi connectivity index (χ2v) is 5.47. The highest BCUT2D eigenvalue weighted by molar-refractivity contribution is 9.10. The molecular weight excluding hydrogens is 326 g/mol. The quantitative estimate of drug-likeness (QED) is 0.668. The topological polar surface area (TPSA) is 23.5 Å². The number of halogens is 1. The van der Waals surface area contributed by atoms with Crippen LogP contribution in [0.25, 0.3) is 0 Å². The van der Waals surface area contributed by atoms with Crippen LogP contribution in [0.3, 0.4) is 0 Å². The molecule has 0 saturated heterocycles. The van der Waals surface area contributed by atoms with Crippen LogP contribution < -0.4 is 4.90 Å². The van der Waals surface area contributed by atoms with Crippen LogP contribution in [-0.4, -0.2) is 5.11 Å². The van der Waals surface area contributed by atoms with E-state index in [1.165, 1.54) is 0 Å². The van der Waals surface area contributed by atoms with Gasteiger partial charge in [0, 0.05) is 11.4 Å². The second kappa shape index (κ2) is 6.02. The lowest BCUT2D eigenvalue weighted by Crippen LogP contribution is -2.09. The lowest BCUT2D eigenvalue weighted by molar-refractivity contribution is 0.473. The summed E-state index contributed by atoms with van der Waals surface area (Å²) in [5.41, 5.74) is 2.73. The molecule has 0 unspecified atom stereocenters. The van der Waals surface area contributed by atoms with Gasteiger partial charge in [-0.05, 0) is 52.3 Å². The van der Waals surface area contributed by atoms with Crippen molar-refractivity contribution in [2.24, 2.45) is 0 Å². The zero-order valence-corrected chi connectivity index (χ0v) is 12.9. The normalized spacial score (nSPS) is 10.3. The van der Waals surface area contributed by atoms with Gasteiger partial charge < -0.3 is 10.0 Å². The molecule has 104 valence electrons. The summed E-state index contributed by atoms with van der Waals surface area (Å²) in [6, 6.07) is 25.6. The first-order chi connectivity index (χ1) is 10.3. The Morgan fingerprint density at radius 2 is 1.19 bits per heavy atom. The Kier molecular flexibility index (Phi) is 3.93. The molecule has 3 rings (SSSR count). The van der Waals surface area contributed by atoms with E-state index in [4.69, 9.17) is 0 Å². The number of nitrogens with zero attached hydrogens (tertiary/aromatic N) is 1. The van der Waals surface area contributed by atoms with Crippen molar-refractivity contribution >= 4 is 33.0 Å². The van der Waals surface area contributed by atoms with Crippen LogP contribution in [0.4, 0.5) is 17.1 Å². The van der Waals surface area contributed by atoms with E-state index >= 15 is 0 Å². The number of anilines is 3. The largest absolute Gasteiger partial charge is 0.505 e. The Balaban J connectivity index is 2.20. The van der Waals surface area contributed by atoms with Gasteiger partial charge in [0.1, 0.15) is 0 Å². The average Bonchev–Trinajstić information content (AvgIpc) is 2.54. The summed E-state index contributed by atoms with van der Waals surface area (Å²) in [5.74, 6) is 0.227. The SMILES string of the molecule is Oc1c(Br)cccc1N(c1ccccc1)c1ccccc1. The first kappa shape index (κ1) is 13.7. The smallest absolute Gasteiger partial charge is 0.153 e. The van der Waals surface area contributed by atoms with E-state index in [2.05, 4.69) is 15.9 Å². The zero-order valence-electron chi connectivity index (χ0n) is 11.3. The number of benzene rings is 3. The van der Waals surface area contributed by atoms with Gasteiger partial charge in [0.05, 0.1) is 10.2 Å². The van der Waals surface area contributed by atoms with E-state index in [0.29, 0.717) is 4.47 Å². The van der Waals surface area contributed by atoms with Crippen LogP contribution in [0.15, 0.2) is 83.3 Å². The number of rotatable bonds is 3. The molecule has 0 atom stereocenters. The molecule has 3 aromatic rings. The van der Waals surface area contributed by atoms with E-state index in [9.17, 15) is 5.11 Å². The maximum atomic E-state index is 10.4. The van der Waals surface area contributed by atoms with Crippen molar-refractivity contribution in [1.29, 1.82) is 0 Å². The van der Waals surface area contributed by atoms with Gasteiger partial charge in [-0.25, -0.2) is 0 Å². The highest BCUT2D eigenvalue weighted by Crippen LogP contribution is 2.42. The third kappa shape index (κ3) is 2.78. The van der Waals surface area contributed by atoms with Crippen molar-refractivity contribution in [3.8, 4) is 5.75 Å². The Hall–Kier alpha value is -2.26. The molecule has 0 fully saturated rings. The van der Waals surface area contributed by atoms with Crippen LogP contribution in [-0.2, 0) is 0 Å². The number of aromatic hydroxyl groups is 1. The lowest BCUT2D eigenvalue weighted by Gasteiger charge is -2.26. The molecule has 0 bridgehead atoms. The summed E-state index contributed by atoms with van der Waals surface area (Å²) in [4.78, 5) is 2.03. The molecule has 0 amide bonds. The van der Waals surface area contributed by atoms with Crippen LogP contribution >= 0.6 is 15.9 Å². The van der Waals surface area contributed by atoms with Crippen LogP contribution in [0.5, 0.6) is 5.75 Å². The molecular formula is C18H14BrNO. The van der Waals surface area contributed by atoms with Crippen molar-refractivity contribution in [1.82, 2.24) is 0 Å². The Morgan fingerprint density at radius 1 is 0.667 bits per heavy atom. The lowest BCUT2D eigenvalue weighted by atomic mass is 10.2. The van der Waals surface area contributed by atoms with Crippen molar-refractivity contribution in [3.05, 3.63) is 83.3 Å². The van der Waals surface area contributed by atoms with E-state index in [1.807, 2.05) is 83.8 Å². The molecule has 0 aliphatic carbocycles. The highest BCUT2D eigenvalue weighted by Gasteiger charge is 2.16. The number of phenols is 1. The molecule has 0 radical (unpaired) electrons. The van der Waals surface area contributed by atoms with E-state index in [1.54, 1.807) is 0 Å². The Labute approximate surface area is 132 Å². The summed E-state index contributed by atoms with van der Waals surface area (Å²) in [6.45, 7) is 0. The van der Waals surface area contributed by atoms with Crippen LogP contribution in [0.2, 0.25) is 0 Å². The van der Waals surface area contributed by atoms with Gasteiger partial charge >= 0.3 is 0 Å². The molecule has 0 heterocycles. The summed E-state index contributed by atoms with van der Waals surface area (Å²) < 4.78 is 0.678. The first-order valence-corrected chi connectivity index (χ1v) is 7.44. The minimum absolute atomic E-state index is 0.227. The van der Waals surface area contributed by atoms with E-state index < -0.39 is 0 Å². The Morgan fingerprint density at radius 3 is 1.71 bits per heavy atom.